The summed E-state index contributed by atoms with van der Waals surface area (Å²) in [5.74, 6) is 0.687. The Balaban J connectivity index is 1.40. The number of piperidine rings is 1. The van der Waals surface area contributed by atoms with E-state index in [9.17, 15) is 13.2 Å². The Morgan fingerprint density at radius 3 is 2.59 bits per heavy atom. The topological polar surface area (TPSA) is 111 Å². The molecule has 0 spiro atoms. The maximum atomic E-state index is 13.4. The first kappa shape index (κ1) is 24.4. The van der Waals surface area contributed by atoms with Crippen LogP contribution in [-0.2, 0) is 19.6 Å². The molecule has 1 aromatic heterocycles. The summed E-state index contributed by atoms with van der Waals surface area (Å²) in [6.45, 7) is 3.42. The fourth-order valence-corrected chi connectivity index (χ4v) is 6.06. The number of hydrogen-bond acceptors (Lipinski definition) is 7. The summed E-state index contributed by atoms with van der Waals surface area (Å²) < 4.78 is 44.3. The molecule has 9 nitrogen and oxygen atoms in total. The van der Waals surface area contributed by atoms with Crippen LogP contribution in [0.2, 0.25) is 0 Å². The minimum Gasteiger partial charge on any atom is -0.497 e. The zero-order chi connectivity index (χ0) is 24.1. The van der Waals surface area contributed by atoms with Gasteiger partial charge in [-0.1, -0.05) is 23.4 Å². The molecule has 34 heavy (non-hydrogen) atoms. The van der Waals surface area contributed by atoms with Gasteiger partial charge in [-0.2, -0.15) is 4.31 Å². The van der Waals surface area contributed by atoms with Gasteiger partial charge in [0.15, 0.2) is 10.7 Å². The van der Waals surface area contributed by atoms with Crippen molar-refractivity contribution in [2.24, 2.45) is 5.92 Å². The zero-order valence-electron chi connectivity index (χ0n) is 19.5. The highest BCUT2D eigenvalue weighted by Gasteiger charge is 2.36. The number of hydrogen-bond donors (Lipinski definition) is 1. The molecule has 4 rings (SSSR count). The highest BCUT2D eigenvalue weighted by atomic mass is 32.2. The van der Waals surface area contributed by atoms with Crippen LogP contribution < -0.4 is 10.1 Å². The molecule has 1 N–H and O–H groups in total. The summed E-state index contributed by atoms with van der Waals surface area (Å²) in [4.78, 5) is 12.6. The van der Waals surface area contributed by atoms with Crippen molar-refractivity contribution in [2.45, 2.75) is 43.6 Å². The van der Waals surface area contributed by atoms with Crippen LogP contribution in [0.3, 0.4) is 0 Å². The predicted molar refractivity (Wildman–Crippen MR) is 127 cm³/mol. The molecule has 184 valence electrons. The van der Waals surface area contributed by atoms with E-state index >= 15 is 0 Å². The fraction of sp³-hybridized carbons (Fsp3) is 0.500. The van der Waals surface area contributed by atoms with Gasteiger partial charge in [-0.15, -0.1) is 0 Å². The monoisotopic (exact) mass is 489 g/mol. The standard InChI is InChI=1S/C24H31N3O6S/c1-17-23(22(33-26-17)10-7-18-5-8-20(31-2)9-6-18)34(29,30)27-13-11-19(12-14-27)24(28)25-16-21-4-3-15-32-21/h5-10,19,21H,3-4,11-16H2,1-2H3,(H,25,28)/b10-7-/t21-/m0/s1. The number of amides is 1. The van der Waals surface area contributed by atoms with Gasteiger partial charge in [0.25, 0.3) is 0 Å². The summed E-state index contributed by atoms with van der Waals surface area (Å²) in [5.41, 5.74) is 1.18. The summed E-state index contributed by atoms with van der Waals surface area (Å²) in [7, 11) is -2.22. The Kier molecular flexibility index (Phi) is 7.70. The quantitative estimate of drug-likeness (QED) is 0.607. The minimum atomic E-state index is -3.82. The second-order valence-corrected chi connectivity index (χ2v) is 10.5. The first-order valence-electron chi connectivity index (χ1n) is 11.6. The first-order chi connectivity index (χ1) is 16.4. The van der Waals surface area contributed by atoms with E-state index < -0.39 is 10.0 Å². The van der Waals surface area contributed by atoms with E-state index in [2.05, 4.69) is 10.5 Å². The molecule has 0 radical (unpaired) electrons. The molecule has 0 bridgehead atoms. The number of methoxy groups -OCH3 is 1. The summed E-state index contributed by atoms with van der Waals surface area (Å²) >= 11 is 0. The lowest BCUT2D eigenvalue weighted by atomic mass is 9.97. The van der Waals surface area contributed by atoms with Crippen molar-refractivity contribution < 1.29 is 27.2 Å². The summed E-state index contributed by atoms with van der Waals surface area (Å²) in [6, 6.07) is 7.37. The lowest BCUT2D eigenvalue weighted by Crippen LogP contribution is -2.44. The highest BCUT2D eigenvalue weighted by Crippen LogP contribution is 2.29. The first-order valence-corrected chi connectivity index (χ1v) is 13.0. The average Bonchev–Trinajstić information content (AvgIpc) is 3.51. The number of aromatic nitrogens is 1. The number of sulfonamides is 1. The normalized spacial score (nSPS) is 20.1. The lowest BCUT2D eigenvalue weighted by molar-refractivity contribution is -0.126. The maximum Gasteiger partial charge on any atom is 0.248 e. The van der Waals surface area contributed by atoms with Crippen LogP contribution in [-0.4, -0.2) is 63.2 Å². The number of nitrogens with zero attached hydrogens (tertiary/aromatic N) is 2. The minimum absolute atomic E-state index is 0.0307. The molecule has 2 aromatic rings. The van der Waals surface area contributed by atoms with E-state index in [0.717, 1.165) is 30.8 Å². The van der Waals surface area contributed by atoms with Crippen molar-refractivity contribution in [3.63, 3.8) is 0 Å². The van der Waals surface area contributed by atoms with Gasteiger partial charge in [0.1, 0.15) is 11.4 Å². The van der Waals surface area contributed by atoms with Gasteiger partial charge < -0.3 is 19.3 Å². The van der Waals surface area contributed by atoms with Gasteiger partial charge in [-0.25, -0.2) is 8.42 Å². The smallest absolute Gasteiger partial charge is 0.248 e. The Hall–Kier alpha value is -2.69. The maximum absolute atomic E-state index is 13.4. The molecule has 3 heterocycles. The number of carbonyl (C=O) groups is 1. The van der Waals surface area contributed by atoms with Crippen molar-refractivity contribution in [3.8, 4) is 5.75 Å². The van der Waals surface area contributed by atoms with E-state index in [1.54, 1.807) is 26.2 Å². The molecular weight excluding hydrogens is 458 g/mol. The summed E-state index contributed by atoms with van der Waals surface area (Å²) in [6.07, 6.45) is 6.39. The third-order valence-electron chi connectivity index (χ3n) is 6.33. The molecule has 0 saturated carbocycles. The Labute approximate surface area is 200 Å². The fourth-order valence-electron chi connectivity index (χ4n) is 4.34. The molecule has 2 fully saturated rings. The van der Waals surface area contributed by atoms with Gasteiger partial charge in [-0.3, -0.25) is 4.79 Å². The van der Waals surface area contributed by atoms with Crippen molar-refractivity contribution in [3.05, 3.63) is 41.3 Å². The van der Waals surface area contributed by atoms with Crippen LogP contribution in [0.15, 0.2) is 33.7 Å². The third kappa shape index (κ3) is 5.51. The van der Waals surface area contributed by atoms with Crippen LogP contribution in [0.4, 0.5) is 0 Å². The van der Waals surface area contributed by atoms with Crippen molar-refractivity contribution in [2.75, 3.05) is 33.4 Å². The molecule has 1 aromatic carbocycles. The molecule has 2 aliphatic heterocycles. The summed E-state index contributed by atoms with van der Waals surface area (Å²) in [5, 5.41) is 6.85. The van der Waals surface area contributed by atoms with E-state index in [0.29, 0.717) is 25.1 Å². The SMILES string of the molecule is COc1ccc(/C=C\c2onc(C)c2S(=O)(=O)N2CCC(C(=O)NC[C@@H]3CCCO3)CC2)cc1. The molecule has 1 atom stereocenters. The predicted octanol–water partition coefficient (Wildman–Crippen LogP) is 2.86. The average molecular weight is 490 g/mol. The van der Waals surface area contributed by atoms with E-state index in [1.807, 2.05) is 24.3 Å². The van der Waals surface area contributed by atoms with E-state index in [1.165, 1.54) is 4.31 Å². The van der Waals surface area contributed by atoms with E-state index in [4.69, 9.17) is 14.0 Å². The Morgan fingerprint density at radius 2 is 1.94 bits per heavy atom. The molecule has 2 aliphatic rings. The van der Waals surface area contributed by atoms with Gasteiger partial charge in [0.05, 0.1) is 13.2 Å². The van der Waals surface area contributed by atoms with Crippen molar-refractivity contribution in [1.29, 1.82) is 0 Å². The van der Waals surface area contributed by atoms with Gasteiger partial charge >= 0.3 is 0 Å². The Bertz CT molecular complexity index is 1110. The van der Waals surface area contributed by atoms with Crippen LogP contribution in [0.5, 0.6) is 5.75 Å². The van der Waals surface area contributed by atoms with Crippen molar-refractivity contribution in [1.82, 2.24) is 14.8 Å². The lowest BCUT2D eigenvalue weighted by Gasteiger charge is -2.30. The highest BCUT2D eigenvalue weighted by molar-refractivity contribution is 7.89. The number of ether oxygens (including phenoxy) is 2. The number of carbonyl (C=O) groups excluding carboxylic acids is 1. The number of nitrogens with one attached hydrogen (secondary N) is 1. The van der Waals surface area contributed by atoms with Crippen LogP contribution in [0.1, 0.15) is 42.7 Å². The van der Waals surface area contributed by atoms with Gasteiger partial charge in [0, 0.05) is 32.2 Å². The second kappa shape index (κ2) is 10.7. The zero-order valence-corrected chi connectivity index (χ0v) is 20.3. The van der Waals surface area contributed by atoms with Crippen LogP contribution >= 0.6 is 0 Å². The number of benzene rings is 1. The van der Waals surface area contributed by atoms with E-state index in [-0.39, 0.29) is 41.7 Å². The Morgan fingerprint density at radius 1 is 1.21 bits per heavy atom. The van der Waals surface area contributed by atoms with Crippen molar-refractivity contribution >= 4 is 28.1 Å². The second-order valence-electron chi connectivity index (χ2n) is 8.63. The van der Waals surface area contributed by atoms with Gasteiger partial charge in [-0.05, 0) is 56.4 Å². The molecule has 0 unspecified atom stereocenters. The molecule has 1 amide bonds. The molecular formula is C24H31N3O6S. The van der Waals surface area contributed by atoms with Crippen LogP contribution in [0.25, 0.3) is 12.2 Å². The molecule has 0 aliphatic carbocycles. The number of aryl methyl sites for hydroxylation is 1. The molecule has 10 heteroatoms. The van der Waals surface area contributed by atoms with Gasteiger partial charge in [0.2, 0.25) is 15.9 Å². The third-order valence-corrected chi connectivity index (χ3v) is 8.38. The molecule has 2 saturated heterocycles. The van der Waals surface area contributed by atoms with Crippen LogP contribution in [0, 0.1) is 12.8 Å². The largest absolute Gasteiger partial charge is 0.497 e. The number of rotatable bonds is 8.